The summed E-state index contributed by atoms with van der Waals surface area (Å²) in [6.07, 6.45) is 0.205. The van der Waals surface area contributed by atoms with Crippen LogP contribution in [0.2, 0.25) is 0 Å². The first kappa shape index (κ1) is 24.8. The van der Waals surface area contributed by atoms with Crippen LogP contribution in [0.4, 0.5) is 5.69 Å². The number of carbonyl (C=O) groups is 4. The van der Waals surface area contributed by atoms with Crippen LogP contribution in [0.25, 0.3) is 0 Å². The predicted octanol–water partition coefficient (Wildman–Crippen LogP) is -0.231. The Balaban J connectivity index is 1.43. The van der Waals surface area contributed by atoms with E-state index < -0.39 is 29.7 Å². The number of likely N-dealkylation sites (N-methyl/N-ethyl adjacent to an activating group) is 1. The summed E-state index contributed by atoms with van der Waals surface area (Å²) in [4.78, 5) is 50.4. The van der Waals surface area contributed by atoms with Crippen molar-refractivity contribution in [3.63, 3.8) is 0 Å². The number of imide groups is 2. The second-order valence-corrected chi connectivity index (χ2v) is 7.54. The van der Waals surface area contributed by atoms with Gasteiger partial charge in [0, 0.05) is 25.2 Å². The number of hydrogen-bond donors (Lipinski definition) is 3. The van der Waals surface area contributed by atoms with Crippen LogP contribution in [0.5, 0.6) is 0 Å². The van der Waals surface area contributed by atoms with Crippen LogP contribution in [0.15, 0.2) is 18.2 Å². The fraction of sp³-hybridized carbons (Fsp3) is 0.545. The Hall–Kier alpha value is -2.86. The number of nitrogens with one attached hydrogen (secondary N) is 3. The molecule has 1 aromatic carbocycles. The van der Waals surface area contributed by atoms with Gasteiger partial charge in [-0.1, -0.05) is 6.07 Å². The van der Waals surface area contributed by atoms with E-state index in [0.29, 0.717) is 51.9 Å². The van der Waals surface area contributed by atoms with E-state index in [1.165, 1.54) is 0 Å². The molecule has 3 rings (SSSR count). The molecule has 180 valence electrons. The first-order valence-corrected chi connectivity index (χ1v) is 11.0. The molecule has 11 nitrogen and oxygen atoms in total. The van der Waals surface area contributed by atoms with Crippen LogP contribution in [-0.2, 0) is 23.8 Å². The average molecular weight is 463 g/mol. The molecule has 0 saturated carbocycles. The molecule has 2 heterocycles. The zero-order valence-electron chi connectivity index (χ0n) is 18.7. The molecule has 2 aliphatic rings. The quantitative estimate of drug-likeness (QED) is 0.253. The number of fused-ring (bicyclic) bond motifs is 1. The maximum absolute atomic E-state index is 13.0. The summed E-state index contributed by atoms with van der Waals surface area (Å²) < 4.78 is 16.3. The fourth-order valence-corrected chi connectivity index (χ4v) is 3.64. The van der Waals surface area contributed by atoms with Crippen molar-refractivity contribution in [2.75, 3.05) is 65.1 Å². The molecule has 0 spiro atoms. The van der Waals surface area contributed by atoms with Crippen LogP contribution >= 0.6 is 0 Å². The highest BCUT2D eigenvalue weighted by Crippen LogP contribution is 2.32. The van der Waals surface area contributed by atoms with Crippen LogP contribution < -0.4 is 16.0 Å². The highest BCUT2D eigenvalue weighted by atomic mass is 16.5. The van der Waals surface area contributed by atoms with Crippen LogP contribution in [-0.4, -0.2) is 94.3 Å². The Morgan fingerprint density at radius 3 is 2.27 bits per heavy atom. The Kier molecular flexibility index (Phi) is 9.31. The molecule has 0 bridgehead atoms. The molecule has 1 atom stereocenters. The molecule has 0 aromatic heterocycles. The molecule has 3 N–H and O–H groups in total. The SMILES string of the molecule is CNCCOCCOCCOCCNc1cccc2c1C(=O)N(C1CCC(=O)NC1=O)C2=O. The van der Waals surface area contributed by atoms with E-state index in [-0.39, 0.29) is 24.0 Å². The Morgan fingerprint density at radius 2 is 1.61 bits per heavy atom. The molecule has 0 radical (unpaired) electrons. The van der Waals surface area contributed by atoms with E-state index in [2.05, 4.69) is 16.0 Å². The van der Waals surface area contributed by atoms with Gasteiger partial charge in [-0.25, -0.2) is 0 Å². The highest BCUT2D eigenvalue weighted by Gasteiger charge is 2.45. The summed E-state index contributed by atoms with van der Waals surface area (Å²) >= 11 is 0. The molecule has 1 aromatic rings. The zero-order valence-corrected chi connectivity index (χ0v) is 18.7. The van der Waals surface area contributed by atoms with E-state index in [4.69, 9.17) is 14.2 Å². The third-order valence-electron chi connectivity index (χ3n) is 5.27. The molecule has 2 aliphatic heterocycles. The first-order chi connectivity index (χ1) is 16.0. The normalized spacial score (nSPS) is 18.0. The average Bonchev–Trinajstić information content (AvgIpc) is 3.05. The van der Waals surface area contributed by atoms with Crippen LogP contribution in [0, 0.1) is 0 Å². The van der Waals surface area contributed by atoms with Gasteiger partial charge in [0.25, 0.3) is 11.8 Å². The van der Waals surface area contributed by atoms with E-state index in [9.17, 15) is 19.2 Å². The lowest BCUT2D eigenvalue weighted by atomic mass is 10.0. The van der Waals surface area contributed by atoms with Crippen molar-refractivity contribution < 1.29 is 33.4 Å². The van der Waals surface area contributed by atoms with E-state index in [0.717, 1.165) is 11.4 Å². The number of carbonyl (C=O) groups excluding carboxylic acids is 4. The number of ether oxygens (including phenoxy) is 3. The van der Waals surface area contributed by atoms with E-state index in [1.54, 1.807) is 18.2 Å². The molecular formula is C22H30N4O7. The number of anilines is 1. The Morgan fingerprint density at radius 1 is 0.939 bits per heavy atom. The molecule has 1 unspecified atom stereocenters. The third-order valence-corrected chi connectivity index (χ3v) is 5.27. The predicted molar refractivity (Wildman–Crippen MR) is 118 cm³/mol. The lowest BCUT2D eigenvalue weighted by Gasteiger charge is -2.27. The molecule has 11 heteroatoms. The molecule has 33 heavy (non-hydrogen) atoms. The van der Waals surface area contributed by atoms with Gasteiger partial charge in [-0.05, 0) is 25.6 Å². The van der Waals surface area contributed by atoms with Gasteiger partial charge in [-0.15, -0.1) is 0 Å². The minimum absolute atomic E-state index is 0.0827. The van der Waals surface area contributed by atoms with Crippen molar-refractivity contribution in [1.82, 2.24) is 15.5 Å². The summed E-state index contributed by atoms with van der Waals surface area (Å²) in [7, 11) is 1.87. The van der Waals surface area contributed by atoms with Gasteiger partial charge in [0.05, 0.1) is 50.8 Å². The molecule has 1 saturated heterocycles. The minimum atomic E-state index is -0.986. The van der Waals surface area contributed by atoms with Crippen LogP contribution in [0.3, 0.4) is 0 Å². The van der Waals surface area contributed by atoms with Gasteiger partial charge < -0.3 is 24.8 Å². The second-order valence-electron chi connectivity index (χ2n) is 7.54. The maximum atomic E-state index is 13.0. The van der Waals surface area contributed by atoms with E-state index in [1.807, 2.05) is 7.05 Å². The second kappa shape index (κ2) is 12.4. The van der Waals surface area contributed by atoms with Gasteiger partial charge in [0.15, 0.2) is 0 Å². The van der Waals surface area contributed by atoms with Crippen LogP contribution in [0.1, 0.15) is 33.6 Å². The van der Waals surface area contributed by atoms with Crippen molar-refractivity contribution >= 4 is 29.3 Å². The highest BCUT2D eigenvalue weighted by molar-refractivity contribution is 6.25. The smallest absolute Gasteiger partial charge is 0.264 e. The van der Waals surface area contributed by atoms with Crippen molar-refractivity contribution in [3.8, 4) is 0 Å². The topological polar surface area (TPSA) is 135 Å². The Labute approximate surface area is 192 Å². The standard InChI is InChI=1S/C22H30N4O7/c1-23-7-9-31-11-13-33-14-12-32-10-8-24-16-4-2-3-15-19(16)22(30)26(21(15)29)17-5-6-18(27)25-20(17)28/h2-4,17,23-24H,5-14H2,1H3,(H,25,27,28). The Bertz CT molecular complexity index is 876. The third kappa shape index (κ3) is 6.35. The number of rotatable bonds is 14. The van der Waals surface area contributed by atoms with Crippen molar-refractivity contribution in [2.24, 2.45) is 0 Å². The van der Waals surface area contributed by atoms with Gasteiger partial charge in [0.2, 0.25) is 11.8 Å². The summed E-state index contributed by atoms with van der Waals surface area (Å²) in [5.41, 5.74) is 0.967. The number of benzene rings is 1. The monoisotopic (exact) mass is 462 g/mol. The molecule has 1 fully saturated rings. The summed E-state index contributed by atoms with van der Waals surface area (Å²) in [6, 6.07) is 3.95. The van der Waals surface area contributed by atoms with Gasteiger partial charge in [-0.2, -0.15) is 0 Å². The van der Waals surface area contributed by atoms with Crippen molar-refractivity contribution in [3.05, 3.63) is 29.3 Å². The lowest BCUT2D eigenvalue weighted by Crippen LogP contribution is -2.54. The van der Waals surface area contributed by atoms with Crippen molar-refractivity contribution in [2.45, 2.75) is 18.9 Å². The number of piperidine rings is 1. The number of nitrogens with zero attached hydrogens (tertiary/aromatic N) is 1. The summed E-state index contributed by atoms with van der Waals surface area (Å²) in [5.74, 6) is -2.11. The van der Waals surface area contributed by atoms with Crippen molar-refractivity contribution in [1.29, 1.82) is 0 Å². The lowest BCUT2D eigenvalue weighted by molar-refractivity contribution is -0.136. The summed E-state index contributed by atoms with van der Waals surface area (Å²) in [5, 5.41) is 8.31. The molecule has 4 amide bonds. The number of amides is 4. The first-order valence-electron chi connectivity index (χ1n) is 11.0. The molecular weight excluding hydrogens is 432 g/mol. The van der Waals surface area contributed by atoms with Gasteiger partial charge in [0.1, 0.15) is 6.04 Å². The van der Waals surface area contributed by atoms with Gasteiger partial charge in [-0.3, -0.25) is 29.4 Å². The summed E-state index contributed by atoms with van der Waals surface area (Å²) in [6.45, 7) is 4.15. The zero-order chi connectivity index (χ0) is 23.6. The van der Waals surface area contributed by atoms with Gasteiger partial charge >= 0.3 is 0 Å². The fourth-order valence-electron chi connectivity index (χ4n) is 3.64. The van der Waals surface area contributed by atoms with E-state index >= 15 is 0 Å². The largest absolute Gasteiger partial charge is 0.382 e. The minimum Gasteiger partial charge on any atom is -0.382 e. The molecule has 0 aliphatic carbocycles. The number of hydrogen-bond acceptors (Lipinski definition) is 9. The maximum Gasteiger partial charge on any atom is 0.264 e.